The van der Waals surface area contributed by atoms with Gasteiger partial charge in [-0.25, -0.2) is 9.97 Å². The van der Waals surface area contributed by atoms with Crippen molar-refractivity contribution < 1.29 is 0 Å². The van der Waals surface area contributed by atoms with Gasteiger partial charge in [-0.15, -0.1) is 11.3 Å². The number of nitrogens with zero attached hydrogens (tertiary/aromatic N) is 3. The summed E-state index contributed by atoms with van der Waals surface area (Å²) in [6.45, 7) is 0.576. The zero-order valence-electron chi connectivity index (χ0n) is 31.1. The van der Waals surface area contributed by atoms with Crippen LogP contribution in [0.25, 0.3) is 71.4 Å². The topological polar surface area (TPSA) is 30.7 Å². The second-order valence-electron chi connectivity index (χ2n) is 15.2. The lowest BCUT2D eigenvalue weighted by atomic mass is 9.67. The molecule has 10 aromatic rings. The van der Waals surface area contributed by atoms with Crippen molar-refractivity contribution in [2.24, 2.45) is 0 Å². The minimum Gasteiger partial charge on any atom is -0.334 e. The van der Waals surface area contributed by atoms with Crippen LogP contribution in [0.1, 0.15) is 38.4 Å². The Morgan fingerprint density at radius 2 is 1.26 bits per heavy atom. The van der Waals surface area contributed by atoms with Gasteiger partial charge in [0.15, 0.2) is 0 Å². The average Bonchev–Trinajstić information content (AvgIpc) is 3.80. The van der Waals surface area contributed by atoms with E-state index in [1.54, 1.807) is 11.3 Å². The Morgan fingerprint density at radius 1 is 0.579 bits per heavy atom. The molecule has 0 spiro atoms. The van der Waals surface area contributed by atoms with Crippen LogP contribution in [0.4, 0.5) is 0 Å². The van der Waals surface area contributed by atoms with E-state index in [4.69, 9.17) is 9.97 Å². The Bertz CT molecular complexity index is 3250. The summed E-state index contributed by atoms with van der Waals surface area (Å²) in [7, 11) is 0. The number of allylic oxidation sites excluding steroid dienone is 3. The van der Waals surface area contributed by atoms with E-state index in [9.17, 15) is 0 Å². The number of rotatable bonds is 5. The van der Waals surface area contributed by atoms with Gasteiger partial charge in [-0.3, -0.25) is 0 Å². The fourth-order valence-electron chi connectivity index (χ4n) is 9.80. The Balaban J connectivity index is 1.17. The molecule has 7 aromatic carbocycles. The van der Waals surface area contributed by atoms with Crippen LogP contribution < -0.4 is 0 Å². The van der Waals surface area contributed by atoms with Gasteiger partial charge in [-0.1, -0.05) is 170 Å². The van der Waals surface area contributed by atoms with Crippen molar-refractivity contribution in [2.45, 2.75) is 18.4 Å². The standard InChI is InChI=1S/C53H35N3S/c1-4-19-36(20-5-1)53(37-21-6-2-7-22-37)43-27-14-12-24-39(43)49-41(26-16-28-44(49)53)50-45(54-52-51(55-50)40-25-8-3-9-30-48(40)57-52)33-56-46-29-15-13-23-38(46)42-31-34-17-10-11-18-35(34)32-47(42)56/h1-29,31-32H,30,33H2. The molecule has 0 N–H and O–H groups in total. The lowest BCUT2D eigenvalue weighted by Gasteiger charge is -2.34. The average molecular weight is 746 g/mol. The second kappa shape index (κ2) is 12.6. The molecule has 0 saturated heterocycles. The van der Waals surface area contributed by atoms with Gasteiger partial charge < -0.3 is 4.57 Å². The van der Waals surface area contributed by atoms with Crippen molar-refractivity contribution in [1.82, 2.24) is 14.5 Å². The van der Waals surface area contributed by atoms with Gasteiger partial charge in [-0.05, 0) is 62.4 Å². The summed E-state index contributed by atoms with van der Waals surface area (Å²) in [4.78, 5) is 13.7. The maximum atomic E-state index is 5.75. The van der Waals surface area contributed by atoms with Gasteiger partial charge in [0.2, 0.25) is 0 Å². The number of benzene rings is 7. The van der Waals surface area contributed by atoms with E-state index in [-0.39, 0.29) is 0 Å². The monoisotopic (exact) mass is 745 g/mol. The van der Waals surface area contributed by atoms with Crippen LogP contribution in [0, 0.1) is 0 Å². The summed E-state index contributed by atoms with van der Waals surface area (Å²) in [5.41, 5.74) is 14.6. The molecular formula is C53H35N3S. The highest BCUT2D eigenvalue weighted by molar-refractivity contribution is 7.18. The van der Waals surface area contributed by atoms with Gasteiger partial charge in [0, 0.05) is 38.7 Å². The third-order valence-electron chi connectivity index (χ3n) is 12.2. The fraction of sp³-hybridized carbons (Fsp3) is 0.0566. The first-order valence-corrected chi connectivity index (χ1v) is 20.5. The number of para-hydroxylation sites is 1. The summed E-state index contributed by atoms with van der Waals surface area (Å²) < 4.78 is 2.47. The largest absolute Gasteiger partial charge is 0.334 e. The molecule has 0 unspecified atom stereocenters. The predicted octanol–water partition coefficient (Wildman–Crippen LogP) is 13.2. The molecule has 0 radical (unpaired) electrons. The Labute approximate surface area is 334 Å². The van der Waals surface area contributed by atoms with E-state index < -0.39 is 5.41 Å². The van der Waals surface area contributed by atoms with Crippen LogP contribution in [0.15, 0.2) is 182 Å². The van der Waals surface area contributed by atoms with Crippen LogP contribution >= 0.6 is 11.3 Å². The molecular weight excluding hydrogens is 711 g/mol. The first-order chi connectivity index (χ1) is 28.3. The minimum atomic E-state index is -0.510. The van der Waals surface area contributed by atoms with Crippen LogP contribution in [0.3, 0.4) is 0 Å². The molecule has 0 bridgehead atoms. The maximum Gasteiger partial charge on any atom is 0.143 e. The predicted molar refractivity (Wildman–Crippen MR) is 238 cm³/mol. The third kappa shape index (κ3) is 4.71. The molecule has 12 rings (SSSR count). The van der Waals surface area contributed by atoms with Gasteiger partial charge in [-0.2, -0.15) is 0 Å². The molecule has 0 amide bonds. The molecule has 3 heterocycles. The van der Waals surface area contributed by atoms with Crippen molar-refractivity contribution in [3.05, 3.63) is 220 Å². The Morgan fingerprint density at radius 3 is 2.09 bits per heavy atom. The number of hydrogen-bond acceptors (Lipinski definition) is 3. The summed E-state index contributed by atoms with van der Waals surface area (Å²) in [5.74, 6) is 0. The van der Waals surface area contributed by atoms with Crippen molar-refractivity contribution in [3.8, 4) is 22.4 Å². The van der Waals surface area contributed by atoms with Crippen LogP contribution in [0.5, 0.6) is 0 Å². The smallest absolute Gasteiger partial charge is 0.143 e. The maximum absolute atomic E-state index is 5.75. The van der Waals surface area contributed by atoms with E-state index in [0.29, 0.717) is 6.54 Å². The van der Waals surface area contributed by atoms with Crippen LogP contribution in [-0.4, -0.2) is 14.5 Å². The highest BCUT2D eigenvalue weighted by Crippen LogP contribution is 2.58. The molecule has 268 valence electrons. The molecule has 0 saturated carbocycles. The molecule has 0 atom stereocenters. The van der Waals surface area contributed by atoms with Crippen LogP contribution in [0.2, 0.25) is 0 Å². The third-order valence-corrected chi connectivity index (χ3v) is 13.3. The SMILES string of the molecule is C1=CCc2sc3nc(Cn4c5ccccc5c5cc6ccccc6cc54)c(-c4cccc5c4-c4ccccc4C5(c4ccccc4)c4ccccc4)nc3c2C=C1. The molecule has 2 aliphatic carbocycles. The molecule has 0 aliphatic heterocycles. The van der Waals surface area contributed by atoms with E-state index >= 15 is 0 Å². The highest BCUT2D eigenvalue weighted by Gasteiger charge is 2.47. The quantitative estimate of drug-likeness (QED) is 0.176. The zero-order valence-corrected chi connectivity index (χ0v) is 31.9. The summed E-state index contributed by atoms with van der Waals surface area (Å²) in [6, 6.07) is 60.1. The van der Waals surface area contributed by atoms with E-state index in [0.717, 1.165) is 33.7 Å². The molecule has 4 heteroatoms. The number of thiophene rings is 1. The van der Waals surface area contributed by atoms with Gasteiger partial charge >= 0.3 is 0 Å². The lowest BCUT2D eigenvalue weighted by molar-refractivity contribution is 0.768. The summed E-state index contributed by atoms with van der Waals surface area (Å²) >= 11 is 1.78. The van der Waals surface area contributed by atoms with E-state index in [2.05, 4.69) is 193 Å². The first kappa shape index (κ1) is 32.4. The highest BCUT2D eigenvalue weighted by atomic mass is 32.1. The van der Waals surface area contributed by atoms with Gasteiger partial charge in [0.25, 0.3) is 0 Å². The van der Waals surface area contributed by atoms with Crippen molar-refractivity contribution in [3.63, 3.8) is 0 Å². The second-order valence-corrected chi connectivity index (χ2v) is 16.3. The van der Waals surface area contributed by atoms with E-state index in [1.807, 2.05) is 0 Å². The fourth-order valence-corrected chi connectivity index (χ4v) is 10.9. The van der Waals surface area contributed by atoms with Gasteiger partial charge in [0.05, 0.1) is 28.9 Å². The van der Waals surface area contributed by atoms with Crippen molar-refractivity contribution >= 4 is 60.3 Å². The Kier molecular flexibility index (Phi) is 7.14. The molecule has 3 aromatic heterocycles. The summed E-state index contributed by atoms with van der Waals surface area (Å²) in [5, 5.41) is 4.98. The first-order valence-electron chi connectivity index (χ1n) is 19.7. The van der Waals surface area contributed by atoms with Gasteiger partial charge in [0.1, 0.15) is 10.3 Å². The zero-order chi connectivity index (χ0) is 37.5. The normalized spacial score (nSPS) is 14.0. The number of fused-ring (bicyclic) bond motifs is 10. The molecule has 2 aliphatic rings. The number of hydrogen-bond donors (Lipinski definition) is 0. The van der Waals surface area contributed by atoms with Crippen molar-refractivity contribution in [2.75, 3.05) is 0 Å². The lowest BCUT2D eigenvalue weighted by Crippen LogP contribution is -2.28. The Hall–Kier alpha value is -6.88. The summed E-state index contributed by atoms with van der Waals surface area (Å²) in [6.07, 6.45) is 9.60. The van der Waals surface area contributed by atoms with Crippen molar-refractivity contribution in [1.29, 1.82) is 0 Å². The molecule has 0 fully saturated rings. The minimum absolute atomic E-state index is 0.510. The molecule has 3 nitrogen and oxygen atoms in total. The van der Waals surface area contributed by atoms with Crippen LogP contribution in [-0.2, 0) is 18.4 Å². The molecule has 57 heavy (non-hydrogen) atoms. The number of aromatic nitrogens is 3. The van der Waals surface area contributed by atoms with E-state index in [1.165, 1.54) is 76.4 Å².